The van der Waals surface area contributed by atoms with E-state index >= 15 is 0 Å². The lowest BCUT2D eigenvalue weighted by Crippen LogP contribution is -2.61. The molecule has 0 aliphatic carbocycles. The monoisotopic (exact) mass is 478 g/mol. The molecule has 33 heavy (non-hydrogen) atoms. The van der Waals surface area contributed by atoms with Crippen LogP contribution in [0.25, 0.3) is 0 Å². The molecule has 0 spiro atoms. The van der Waals surface area contributed by atoms with E-state index < -0.39 is 5.54 Å². The van der Waals surface area contributed by atoms with Gasteiger partial charge in [0.25, 0.3) is 0 Å². The van der Waals surface area contributed by atoms with Crippen LogP contribution in [-0.2, 0) is 10.3 Å². The molecule has 2 unspecified atom stereocenters. The van der Waals surface area contributed by atoms with Gasteiger partial charge in [0, 0.05) is 24.7 Å². The van der Waals surface area contributed by atoms with E-state index in [9.17, 15) is 4.79 Å². The highest BCUT2D eigenvalue weighted by molar-refractivity contribution is 6.42. The lowest BCUT2D eigenvalue weighted by Gasteiger charge is -2.52. The van der Waals surface area contributed by atoms with Gasteiger partial charge in [0.15, 0.2) is 5.78 Å². The van der Waals surface area contributed by atoms with Gasteiger partial charge in [-0.2, -0.15) is 0 Å². The van der Waals surface area contributed by atoms with Crippen molar-refractivity contribution in [1.29, 1.82) is 0 Å². The molecule has 3 aromatic carbocycles. The zero-order valence-corrected chi connectivity index (χ0v) is 20.3. The highest BCUT2D eigenvalue weighted by Gasteiger charge is 2.50. The molecule has 0 amide bonds. The van der Waals surface area contributed by atoms with Crippen molar-refractivity contribution in [3.05, 3.63) is 99.5 Å². The molecule has 3 aromatic rings. The van der Waals surface area contributed by atoms with Crippen molar-refractivity contribution < 1.29 is 4.79 Å². The van der Waals surface area contributed by atoms with Crippen molar-refractivity contribution in [2.24, 2.45) is 0 Å². The average molecular weight is 479 g/mol. The van der Waals surface area contributed by atoms with E-state index in [0.29, 0.717) is 23.1 Å². The number of benzene rings is 3. The van der Waals surface area contributed by atoms with Gasteiger partial charge >= 0.3 is 0 Å². The molecular weight excluding hydrogens is 451 g/mol. The summed E-state index contributed by atoms with van der Waals surface area (Å²) in [6, 6.07) is 24.8. The summed E-state index contributed by atoms with van der Waals surface area (Å²) in [4.78, 5) is 18.4. The van der Waals surface area contributed by atoms with Gasteiger partial charge in [0.2, 0.25) is 0 Å². The van der Waals surface area contributed by atoms with E-state index in [2.05, 4.69) is 58.3 Å². The van der Waals surface area contributed by atoms with Crippen molar-refractivity contribution in [2.45, 2.75) is 31.2 Å². The number of hydrogen-bond donors (Lipinski definition) is 0. The van der Waals surface area contributed by atoms with Crippen LogP contribution in [0, 0.1) is 0 Å². The normalized spacial score (nSPS) is 22.9. The third-order valence-corrected chi connectivity index (χ3v) is 8.00. The van der Waals surface area contributed by atoms with Crippen LogP contribution in [0.4, 0.5) is 5.69 Å². The zero-order valence-electron chi connectivity index (χ0n) is 18.8. The first-order chi connectivity index (χ1) is 16.0. The fourth-order valence-corrected chi connectivity index (χ4v) is 5.93. The summed E-state index contributed by atoms with van der Waals surface area (Å²) in [5.74, 6) is 0.294. The number of anilines is 1. The Morgan fingerprint density at radius 2 is 1.64 bits per heavy atom. The van der Waals surface area contributed by atoms with Crippen molar-refractivity contribution >= 4 is 34.7 Å². The summed E-state index contributed by atoms with van der Waals surface area (Å²) >= 11 is 12.7. The van der Waals surface area contributed by atoms with Gasteiger partial charge in [-0.3, -0.25) is 4.79 Å². The Bertz CT molecular complexity index is 1160. The van der Waals surface area contributed by atoms with Crippen LogP contribution in [0.15, 0.2) is 72.8 Å². The number of carbonyl (C=O) groups is 1. The summed E-state index contributed by atoms with van der Waals surface area (Å²) in [5, 5.41) is 1.02. The van der Waals surface area contributed by atoms with Crippen LogP contribution in [0.1, 0.15) is 42.4 Å². The molecule has 5 heteroatoms. The highest BCUT2D eigenvalue weighted by atomic mass is 35.5. The Labute approximate surface area is 205 Å². The molecule has 1 fully saturated rings. The van der Waals surface area contributed by atoms with Gasteiger partial charge in [0.1, 0.15) is 5.54 Å². The molecule has 2 atom stereocenters. The van der Waals surface area contributed by atoms with Crippen molar-refractivity contribution in [3.8, 4) is 0 Å². The predicted octanol–water partition coefficient (Wildman–Crippen LogP) is 6.53. The van der Waals surface area contributed by atoms with E-state index in [1.54, 1.807) is 6.92 Å². The second-order valence-corrected chi connectivity index (χ2v) is 9.97. The molecule has 170 valence electrons. The fraction of sp³-hybridized carbons (Fsp3) is 0.321. The predicted molar refractivity (Wildman–Crippen MR) is 137 cm³/mol. The molecule has 0 bridgehead atoms. The minimum absolute atomic E-state index is 0.142. The number of fused-ring (bicyclic) bond motifs is 1. The number of nitrogens with zero attached hydrogens (tertiary/aromatic N) is 2. The Morgan fingerprint density at radius 1 is 0.939 bits per heavy atom. The first-order valence-corrected chi connectivity index (χ1v) is 12.4. The number of ketones is 1. The number of hydrogen-bond acceptors (Lipinski definition) is 3. The third kappa shape index (κ3) is 3.97. The fourth-order valence-electron chi connectivity index (χ4n) is 5.63. The molecule has 2 aliphatic heterocycles. The molecule has 0 radical (unpaired) electrons. The molecule has 5 rings (SSSR count). The van der Waals surface area contributed by atoms with Crippen LogP contribution >= 0.6 is 23.2 Å². The number of halogens is 2. The maximum Gasteiger partial charge on any atom is 0.161 e. The zero-order chi connectivity index (χ0) is 23.0. The van der Waals surface area contributed by atoms with E-state index in [4.69, 9.17) is 23.2 Å². The largest absolute Gasteiger partial charge is 0.353 e. The van der Waals surface area contributed by atoms with Gasteiger partial charge in [-0.1, -0.05) is 77.8 Å². The van der Waals surface area contributed by atoms with Crippen molar-refractivity contribution in [3.63, 3.8) is 0 Å². The van der Waals surface area contributed by atoms with E-state index in [-0.39, 0.29) is 11.7 Å². The van der Waals surface area contributed by atoms with Gasteiger partial charge in [-0.05, 0) is 67.7 Å². The molecular formula is C28H28Cl2N2O. The molecule has 2 heterocycles. The lowest BCUT2D eigenvalue weighted by molar-refractivity contribution is -0.123. The molecule has 3 nitrogen and oxygen atoms in total. The SMILES string of the molecule is CC(=O)C1(CN2CCCC2)c2ccccc2C(c2ccccc2)CN1c1ccc(Cl)c(Cl)c1. The van der Waals surface area contributed by atoms with Gasteiger partial charge in [-0.15, -0.1) is 0 Å². The Balaban J connectivity index is 1.74. The van der Waals surface area contributed by atoms with Crippen LogP contribution in [-0.4, -0.2) is 36.9 Å². The average Bonchev–Trinajstić information content (AvgIpc) is 3.34. The Kier molecular flexibility index (Phi) is 6.22. The lowest BCUT2D eigenvalue weighted by atomic mass is 9.72. The second kappa shape index (κ2) is 9.13. The topological polar surface area (TPSA) is 23.6 Å². The van der Waals surface area contributed by atoms with Crippen LogP contribution in [0.3, 0.4) is 0 Å². The smallest absolute Gasteiger partial charge is 0.161 e. The quantitative estimate of drug-likeness (QED) is 0.416. The Hall–Kier alpha value is -2.33. The molecule has 0 saturated carbocycles. The summed E-state index contributed by atoms with van der Waals surface area (Å²) < 4.78 is 0. The van der Waals surface area contributed by atoms with Crippen LogP contribution in [0.5, 0.6) is 0 Å². The summed E-state index contributed by atoms with van der Waals surface area (Å²) in [6.07, 6.45) is 2.35. The number of rotatable bonds is 5. The molecule has 2 aliphatic rings. The highest BCUT2D eigenvalue weighted by Crippen LogP contribution is 2.47. The maximum absolute atomic E-state index is 13.7. The van der Waals surface area contributed by atoms with Crippen LogP contribution in [0.2, 0.25) is 10.0 Å². The van der Waals surface area contributed by atoms with Gasteiger partial charge < -0.3 is 9.80 Å². The Morgan fingerprint density at radius 3 is 2.33 bits per heavy atom. The van der Waals surface area contributed by atoms with Gasteiger partial charge in [0.05, 0.1) is 10.0 Å². The van der Waals surface area contributed by atoms with Gasteiger partial charge in [-0.25, -0.2) is 0 Å². The number of likely N-dealkylation sites (tertiary alicyclic amines) is 1. The molecule has 0 N–H and O–H groups in total. The first kappa shape index (κ1) is 22.5. The van der Waals surface area contributed by atoms with E-state index in [0.717, 1.165) is 24.3 Å². The van der Waals surface area contributed by atoms with E-state index in [1.807, 2.05) is 24.3 Å². The minimum atomic E-state index is -0.788. The summed E-state index contributed by atoms with van der Waals surface area (Å²) in [7, 11) is 0. The van der Waals surface area contributed by atoms with E-state index in [1.165, 1.54) is 24.0 Å². The summed E-state index contributed by atoms with van der Waals surface area (Å²) in [5.41, 5.74) is 3.70. The standard InChI is InChI=1S/C28H28Cl2N2O/c1-20(33)28(19-31-15-7-8-16-31)25-12-6-5-11-23(25)24(21-9-3-2-4-10-21)18-32(28)22-13-14-26(29)27(30)17-22/h2-6,9-14,17,24H,7-8,15-16,18-19H2,1H3. The molecule has 0 aromatic heterocycles. The number of carbonyl (C=O) groups excluding carboxylic acids is 1. The van der Waals surface area contributed by atoms with Crippen molar-refractivity contribution in [1.82, 2.24) is 4.90 Å². The molecule has 1 saturated heterocycles. The minimum Gasteiger partial charge on any atom is -0.353 e. The van der Waals surface area contributed by atoms with Crippen molar-refractivity contribution in [2.75, 3.05) is 31.1 Å². The van der Waals surface area contributed by atoms with Crippen LogP contribution < -0.4 is 4.90 Å². The summed E-state index contributed by atoms with van der Waals surface area (Å²) in [6.45, 7) is 5.14. The first-order valence-electron chi connectivity index (χ1n) is 11.6. The number of Topliss-reactive ketones (excluding diaryl/α,β-unsaturated/α-hetero) is 1. The maximum atomic E-state index is 13.7. The third-order valence-electron chi connectivity index (χ3n) is 7.26. The second-order valence-electron chi connectivity index (χ2n) is 9.16.